The Morgan fingerprint density at radius 1 is 1.10 bits per heavy atom. The van der Waals surface area contributed by atoms with Gasteiger partial charge in [0.2, 0.25) is 0 Å². The van der Waals surface area contributed by atoms with Crippen LogP contribution in [-0.2, 0) is 14.8 Å². The third-order valence-corrected chi connectivity index (χ3v) is 6.18. The number of hydrogen-bond donors (Lipinski definition) is 2. The molecule has 9 heteroatoms. The van der Waals surface area contributed by atoms with Gasteiger partial charge in [-0.2, -0.15) is 0 Å². The second-order valence-electron chi connectivity index (χ2n) is 7.15. The lowest BCUT2D eigenvalue weighted by Crippen LogP contribution is -2.50. The van der Waals surface area contributed by atoms with E-state index in [-0.39, 0.29) is 4.90 Å². The van der Waals surface area contributed by atoms with E-state index in [1.165, 1.54) is 19.2 Å². The Kier molecular flexibility index (Phi) is 7.21. The largest absolute Gasteiger partial charge is 0.497 e. The van der Waals surface area contributed by atoms with Crippen LogP contribution in [0.15, 0.2) is 65.1 Å². The molecule has 0 saturated heterocycles. The van der Waals surface area contributed by atoms with Crippen LogP contribution in [0.3, 0.4) is 0 Å². The maximum absolute atomic E-state index is 13.0. The number of hydrogen-bond acceptors (Lipinski definition) is 6. The summed E-state index contributed by atoms with van der Waals surface area (Å²) in [5.74, 6) is -0.389. The number of methoxy groups -OCH3 is 1. The molecule has 2 aromatic rings. The van der Waals surface area contributed by atoms with Crippen LogP contribution < -0.4 is 14.9 Å². The summed E-state index contributed by atoms with van der Waals surface area (Å²) in [6, 6.07) is 12.6. The Hall–Kier alpha value is -3.01. The van der Waals surface area contributed by atoms with Gasteiger partial charge in [-0.05, 0) is 56.3 Å². The Morgan fingerprint density at radius 3 is 2.35 bits per heavy atom. The first-order valence-corrected chi connectivity index (χ1v) is 11.3. The van der Waals surface area contributed by atoms with E-state index < -0.39 is 28.3 Å². The zero-order valence-corrected chi connectivity index (χ0v) is 18.2. The minimum Gasteiger partial charge on any atom is -0.497 e. The highest BCUT2D eigenvalue weighted by Crippen LogP contribution is 2.15. The number of carbonyl (C=O) groups excluding carboxylic acids is 2. The number of Topliss-reactive ketones (excluding diaryl/α,β-unsaturated/α-hetero) is 1. The van der Waals surface area contributed by atoms with Crippen LogP contribution in [0.2, 0.25) is 0 Å². The van der Waals surface area contributed by atoms with Crippen molar-refractivity contribution < 1.29 is 22.7 Å². The summed E-state index contributed by atoms with van der Waals surface area (Å²) in [7, 11) is -2.55. The van der Waals surface area contributed by atoms with Gasteiger partial charge in [-0.25, -0.2) is 8.42 Å². The van der Waals surface area contributed by atoms with Crippen LogP contribution in [0.5, 0.6) is 5.75 Å². The molecule has 0 aromatic heterocycles. The van der Waals surface area contributed by atoms with Gasteiger partial charge in [0.25, 0.3) is 15.9 Å². The fourth-order valence-electron chi connectivity index (χ4n) is 3.05. The maximum atomic E-state index is 13.0. The highest BCUT2D eigenvalue weighted by atomic mass is 32.2. The zero-order valence-electron chi connectivity index (χ0n) is 17.4. The van der Waals surface area contributed by atoms with Gasteiger partial charge in [0.15, 0.2) is 5.78 Å². The third kappa shape index (κ3) is 5.78. The number of ether oxygens (including phenoxy) is 1. The third-order valence-electron chi connectivity index (χ3n) is 4.82. The van der Waals surface area contributed by atoms with Gasteiger partial charge >= 0.3 is 0 Å². The summed E-state index contributed by atoms with van der Waals surface area (Å²) in [4.78, 5) is 28.1. The van der Waals surface area contributed by atoms with Crippen LogP contribution in [0.1, 0.15) is 22.3 Å². The number of benzene rings is 2. The number of nitrogens with one attached hydrogen (secondary N) is 2. The van der Waals surface area contributed by atoms with Gasteiger partial charge in [0.1, 0.15) is 12.3 Å². The minimum atomic E-state index is -4.06. The molecule has 2 N–H and O–H groups in total. The molecule has 1 heterocycles. The number of hydrazine groups is 1. The molecule has 1 amide bonds. The number of carbonyl (C=O) groups is 2. The monoisotopic (exact) mass is 443 g/mol. The Morgan fingerprint density at radius 2 is 1.77 bits per heavy atom. The molecule has 1 aliphatic rings. The molecule has 0 unspecified atom stereocenters. The van der Waals surface area contributed by atoms with Crippen LogP contribution in [-0.4, -0.2) is 51.9 Å². The fraction of sp³-hybridized carbons (Fsp3) is 0.273. The molecule has 1 aliphatic heterocycles. The SMILES string of the molecule is COc1ccc(C(=O)CN(NS(=O)(=O)c2ccc(C)cc2)C(=O)C2=CCCNC2)cc1. The quantitative estimate of drug-likeness (QED) is 0.476. The van der Waals surface area contributed by atoms with Crippen molar-refractivity contribution in [3.63, 3.8) is 0 Å². The van der Waals surface area contributed by atoms with E-state index in [4.69, 9.17) is 4.74 Å². The Labute approximate surface area is 181 Å². The summed E-state index contributed by atoms with van der Waals surface area (Å²) in [5.41, 5.74) is 1.64. The fourth-order valence-corrected chi connectivity index (χ4v) is 4.09. The average Bonchev–Trinajstić information content (AvgIpc) is 2.79. The first-order valence-electron chi connectivity index (χ1n) is 9.78. The van der Waals surface area contributed by atoms with Crippen LogP contribution >= 0.6 is 0 Å². The predicted molar refractivity (Wildman–Crippen MR) is 116 cm³/mol. The lowest BCUT2D eigenvalue weighted by atomic mass is 10.1. The van der Waals surface area contributed by atoms with Crippen molar-refractivity contribution in [2.75, 3.05) is 26.7 Å². The smallest absolute Gasteiger partial charge is 0.266 e. The molecule has 0 aliphatic carbocycles. The molecule has 31 heavy (non-hydrogen) atoms. The summed E-state index contributed by atoms with van der Waals surface area (Å²) in [5, 5.41) is 3.94. The molecule has 0 spiro atoms. The van der Waals surface area contributed by atoms with E-state index in [1.807, 2.05) is 6.92 Å². The summed E-state index contributed by atoms with van der Waals surface area (Å²) < 4.78 is 30.8. The van der Waals surface area contributed by atoms with Gasteiger partial charge in [0.05, 0.1) is 12.0 Å². The number of rotatable bonds is 8. The number of aryl methyl sites for hydroxylation is 1. The highest BCUT2D eigenvalue weighted by Gasteiger charge is 2.27. The maximum Gasteiger partial charge on any atom is 0.266 e. The lowest BCUT2D eigenvalue weighted by Gasteiger charge is -2.25. The predicted octanol–water partition coefficient (Wildman–Crippen LogP) is 1.83. The van der Waals surface area contributed by atoms with E-state index in [2.05, 4.69) is 10.1 Å². The molecule has 164 valence electrons. The second kappa shape index (κ2) is 9.86. The van der Waals surface area contributed by atoms with Crippen molar-refractivity contribution in [2.24, 2.45) is 0 Å². The summed E-state index contributed by atoms with van der Waals surface area (Å²) in [6.45, 7) is 2.43. The molecule has 3 rings (SSSR count). The molecule has 0 radical (unpaired) electrons. The standard InChI is InChI=1S/C22H25N3O5S/c1-16-5-11-20(12-6-16)31(28,29)24-25(22(27)18-4-3-13-23-14-18)15-21(26)17-7-9-19(30-2)10-8-17/h4-12,23-24H,3,13-15H2,1-2H3. The number of amides is 1. The van der Waals surface area contributed by atoms with Crippen molar-refractivity contribution in [3.8, 4) is 5.75 Å². The molecule has 0 bridgehead atoms. The van der Waals surface area contributed by atoms with E-state index in [0.717, 1.165) is 17.1 Å². The molecule has 8 nitrogen and oxygen atoms in total. The summed E-state index contributed by atoms with van der Waals surface area (Å²) in [6.07, 6.45) is 2.40. The van der Waals surface area contributed by atoms with Crippen molar-refractivity contribution in [1.82, 2.24) is 15.2 Å². The molecule has 0 atom stereocenters. The van der Waals surface area contributed by atoms with Crippen molar-refractivity contribution in [1.29, 1.82) is 0 Å². The zero-order chi connectivity index (χ0) is 22.4. The second-order valence-corrected chi connectivity index (χ2v) is 8.81. The van der Waals surface area contributed by atoms with Gasteiger partial charge in [0, 0.05) is 17.7 Å². The Balaban J connectivity index is 1.86. The highest BCUT2D eigenvalue weighted by molar-refractivity contribution is 7.89. The van der Waals surface area contributed by atoms with Gasteiger partial charge < -0.3 is 10.1 Å². The molecule has 2 aromatic carbocycles. The van der Waals surface area contributed by atoms with Crippen molar-refractivity contribution in [2.45, 2.75) is 18.2 Å². The van der Waals surface area contributed by atoms with E-state index in [1.54, 1.807) is 42.5 Å². The van der Waals surface area contributed by atoms with Crippen molar-refractivity contribution >= 4 is 21.7 Å². The Bertz CT molecular complexity index is 1080. The van der Waals surface area contributed by atoms with E-state index in [0.29, 0.717) is 29.9 Å². The number of sulfonamides is 1. The van der Waals surface area contributed by atoms with Gasteiger partial charge in [-0.3, -0.25) is 14.6 Å². The van der Waals surface area contributed by atoms with Crippen LogP contribution in [0.4, 0.5) is 0 Å². The first kappa shape index (κ1) is 22.7. The van der Waals surface area contributed by atoms with Crippen molar-refractivity contribution in [3.05, 3.63) is 71.3 Å². The average molecular weight is 444 g/mol. The number of nitrogens with zero attached hydrogens (tertiary/aromatic N) is 1. The van der Waals surface area contributed by atoms with Crippen LogP contribution in [0.25, 0.3) is 0 Å². The molecular weight excluding hydrogens is 418 g/mol. The normalized spacial score (nSPS) is 13.9. The molecular formula is C22H25N3O5S. The first-order chi connectivity index (χ1) is 14.8. The minimum absolute atomic E-state index is 0.00328. The number of ketones is 1. The molecule has 0 fully saturated rings. The van der Waals surface area contributed by atoms with E-state index >= 15 is 0 Å². The van der Waals surface area contributed by atoms with Gasteiger partial charge in [-0.15, -0.1) is 4.83 Å². The lowest BCUT2D eigenvalue weighted by molar-refractivity contribution is -0.128. The van der Waals surface area contributed by atoms with Crippen LogP contribution in [0, 0.1) is 6.92 Å². The molecule has 0 saturated carbocycles. The summed E-state index contributed by atoms with van der Waals surface area (Å²) >= 11 is 0. The van der Waals surface area contributed by atoms with Gasteiger partial charge in [-0.1, -0.05) is 23.8 Å². The van der Waals surface area contributed by atoms with E-state index in [9.17, 15) is 18.0 Å². The topological polar surface area (TPSA) is 105 Å².